The third kappa shape index (κ3) is 1.27. The van der Waals surface area contributed by atoms with Gasteiger partial charge in [0.1, 0.15) is 0 Å². The topological polar surface area (TPSA) is 21.3 Å². The summed E-state index contributed by atoms with van der Waals surface area (Å²) in [6.45, 7) is 2.26. The van der Waals surface area contributed by atoms with Gasteiger partial charge in [-0.25, -0.2) is 0 Å². The molecule has 1 heterocycles. The number of rotatable bonds is 3. The summed E-state index contributed by atoms with van der Waals surface area (Å²) in [5.41, 5.74) is 0. The van der Waals surface area contributed by atoms with Gasteiger partial charge in [0.15, 0.2) is 0 Å². The lowest BCUT2D eigenvalue weighted by Gasteiger charge is -2.22. The Balaban J connectivity index is 1.50. The van der Waals surface area contributed by atoms with Gasteiger partial charge in [0.05, 0.1) is 6.10 Å². The van der Waals surface area contributed by atoms with Gasteiger partial charge in [-0.3, -0.25) is 0 Å². The quantitative estimate of drug-likeness (QED) is 0.681. The monoisotopic (exact) mass is 167 g/mol. The zero-order valence-electron chi connectivity index (χ0n) is 7.46. The van der Waals surface area contributed by atoms with Gasteiger partial charge in [0.25, 0.3) is 0 Å². The summed E-state index contributed by atoms with van der Waals surface area (Å²) >= 11 is 0. The summed E-state index contributed by atoms with van der Waals surface area (Å²) < 4.78 is 5.92. The Morgan fingerprint density at radius 1 is 1.25 bits per heavy atom. The smallest absolute Gasteiger partial charge is 0.0630 e. The van der Waals surface area contributed by atoms with E-state index >= 15 is 0 Å². The molecule has 1 N–H and O–H groups in total. The maximum Gasteiger partial charge on any atom is 0.0630 e. The van der Waals surface area contributed by atoms with Crippen LogP contribution in [0.4, 0.5) is 0 Å². The first-order chi connectivity index (χ1) is 5.92. The third-order valence-corrected chi connectivity index (χ3v) is 3.54. The fourth-order valence-electron chi connectivity index (χ4n) is 2.53. The van der Waals surface area contributed by atoms with E-state index in [2.05, 4.69) is 5.32 Å². The largest absolute Gasteiger partial charge is 0.378 e. The molecule has 68 valence electrons. The molecule has 0 aromatic rings. The molecule has 0 radical (unpaired) electrons. The molecule has 3 unspecified atom stereocenters. The van der Waals surface area contributed by atoms with E-state index in [-0.39, 0.29) is 0 Å². The molecule has 0 spiro atoms. The van der Waals surface area contributed by atoms with Crippen LogP contribution in [-0.2, 0) is 4.74 Å². The molecule has 3 atom stereocenters. The van der Waals surface area contributed by atoms with Crippen LogP contribution in [0.5, 0.6) is 0 Å². The molecular weight excluding hydrogens is 150 g/mol. The lowest BCUT2D eigenvalue weighted by Crippen LogP contribution is -2.34. The molecule has 1 saturated heterocycles. The van der Waals surface area contributed by atoms with Crippen LogP contribution >= 0.6 is 0 Å². The Kier molecular flexibility index (Phi) is 1.66. The van der Waals surface area contributed by atoms with Crippen molar-refractivity contribution in [2.24, 2.45) is 11.8 Å². The average molecular weight is 167 g/mol. The highest BCUT2D eigenvalue weighted by molar-refractivity contribution is 4.96. The molecule has 3 rings (SSSR count). The van der Waals surface area contributed by atoms with Crippen LogP contribution in [0.2, 0.25) is 0 Å². The maximum absolute atomic E-state index is 5.92. The molecule has 2 nitrogen and oxygen atoms in total. The Labute approximate surface area is 73.7 Å². The van der Waals surface area contributed by atoms with Crippen molar-refractivity contribution in [1.29, 1.82) is 0 Å². The van der Waals surface area contributed by atoms with Crippen LogP contribution in [0.3, 0.4) is 0 Å². The summed E-state index contributed by atoms with van der Waals surface area (Å²) in [5, 5.41) is 3.51. The first-order valence-electron chi connectivity index (χ1n) is 5.27. The van der Waals surface area contributed by atoms with Crippen molar-refractivity contribution < 1.29 is 4.74 Å². The number of nitrogens with one attached hydrogen (secondary N) is 1. The molecule has 12 heavy (non-hydrogen) atoms. The van der Waals surface area contributed by atoms with Crippen molar-refractivity contribution in [2.75, 3.05) is 13.2 Å². The van der Waals surface area contributed by atoms with E-state index in [1.165, 1.54) is 32.2 Å². The van der Waals surface area contributed by atoms with Crippen LogP contribution in [0.15, 0.2) is 0 Å². The lowest BCUT2D eigenvalue weighted by atomic mass is 10.1. The predicted molar refractivity (Wildman–Crippen MR) is 47.0 cm³/mol. The SMILES string of the molecule is C1CC1COC1CC2CC1CN2. The second kappa shape index (κ2) is 2.71. The second-order valence-electron chi connectivity index (χ2n) is 4.65. The summed E-state index contributed by atoms with van der Waals surface area (Å²) in [5.74, 6) is 1.77. The van der Waals surface area contributed by atoms with Gasteiger partial charge < -0.3 is 10.1 Å². The minimum atomic E-state index is 0.608. The molecule has 0 aromatic heterocycles. The standard InChI is InChI=1S/C10H17NO/c1-2-7(1)6-12-10-4-9-3-8(10)5-11-9/h7-11H,1-6H2. The van der Waals surface area contributed by atoms with E-state index < -0.39 is 0 Å². The van der Waals surface area contributed by atoms with Crippen molar-refractivity contribution in [3.63, 3.8) is 0 Å². The van der Waals surface area contributed by atoms with Crippen molar-refractivity contribution in [3.8, 4) is 0 Å². The Morgan fingerprint density at radius 3 is 2.75 bits per heavy atom. The van der Waals surface area contributed by atoms with Crippen molar-refractivity contribution in [3.05, 3.63) is 0 Å². The van der Waals surface area contributed by atoms with Crippen LogP contribution in [0.25, 0.3) is 0 Å². The highest BCUT2D eigenvalue weighted by atomic mass is 16.5. The fraction of sp³-hybridized carbons (Fsp3) is 1.00. The molecule has 3 fully saturated rings. The van der Waals surface area contributed by atoms with E-state index in [4.69, 9.17) is 4.74 Å². The third-order valence-electron chi connectivity index (χ3n) is 3.54. The van der Waals surface area contributed by atoms with Gasteiger partial charge in [0.2, 0.25) is 0 Å². The van der Waals surface area contributed by atoms with Crippen molar-refractivity contribution >= 4 is 0 Å². The molecule has 2 saturated carbocycles. The van der Waals surface area contributed by atoms with Crippen LogP contribution in [0, 0.1) is 11.8 Å². The Hall–Kier alpha value is -0.0800. The Bertz CT molecular complexity index is 179. The molecule has 2 heteroatoms. The number of fused-ring (bicyclic) bond motifs is 2. The van der Waals surface area contributed by atoms with E-state index in [1.807, 2.05) is 0 Å². The van der Waals surface area contributed by atoms with E-state index in [9.17, 15) is 0 Å². The van der Waals surface area contributed by atoms with Crippen LogP contribution in [-0.4, -0.2) is 25.3 Å². The normalized spacial score (nSPS) is 45.5. The van der Waals surface area contributed by atoms with E-state index in [0.29, 0.717) is 6.10 Å². The number of piperidine rings is 1. The summed E-state index contributed by atoms with van der Waals surface area (Å²) in [4.78, 5) is 0. The molecule has 1 aliphatic heterocycles. The molecule has 2 aliphatic carbocycles. The number of hydrogen-bond donors (Lipinski definition) is 1. The summed E-state index contributed by atoms with van der Waals surface area (Å²) in [6, 6.07) is 0.791. The predicted octanol–water partition coefficient (Wildman–Crippen LogP) is 1.16. The maximum atomic E-state index is 5.92. The van der Waals surface area contributed by atoms with Crippen molar-refractivity contribution in [2.45, 2.75) is 37.8 Å². The molecular formula is C10H17NO. The van der Waals surface area contributed by atoms with Crippen LogP contribution in [0.1, 0.15) is 25.7 Å². The average Bonchev–Trinajstić information content (AvgIpc) is 2.69. The van der Waals surface area contributed by atoms with Gasteiger partial charge in [-0.1, -0.05) is 0 Å². The molecule has 3 aliphatic rings. The molecule has 0 aromatic carbocycles. The first-order valence-corrected chi connectivity index (χ1v) is 5.27. The zero-order chi connectivity index (χ0) is 7.97. The summed E-state index contributed by atoms with van der Waals surface area (Å²) in [7, 11) is 0. The highest BCUT2D eigenvalue weighted by Crippen LogP contribution is 2.36. The second-order valence-corrected chi connectivity index (χ2v) is 4.65. The van der Waals surface area contributed by atoms with E-state index in [1.54, 1.807) is 0 Å². The minimum Gasteiger partial charge on any atom is -0.378 e. The van der Waals surface area contributed by atoms with Gasteiger partial charge >= 0.3 is 0 Å². The minimum absolute atomic E-state index is 0.608. The lowest BCUT2D eigenvalue weighted by molar-refractivity contribution is 0.0150. The molecule has 0 amide bonds. The van der Waals surface area contributed by atoms with Gasteiger partial charge in [0, 0.05) is 19.2 Å². The van der Waals surface area contributed by atoms with Crippen LogP contribution < -0.4 is 5.32 Å². The van der Waals surface area contributed by atoms with E-state index in [0.717, 1.165) is 24.5 Å². The Morgan fingerprint density at radius 2 is 2.17 bits per heavy atom. The first kappa shape index (κ1) is 7.34. The highest BCUT2D eigenvalue weighted by Gasteiger charge is 2.40. The van der Waals surface area contributed by atoms with Gasteiger partial charge in [-0.05, 0) is 37.5 Å². The molecule has 2 bridgehead atoms. The summed E-state index contributed by atoms with van der Waals surface area (Å²) in [6.07, 6.45) is 6.09. The zero-order valence-corrected chi connectivity index (χ0v) is 7.46. The van der Waals surface area contributed by atoms with Crippen molar-refractivity contribution in [1.82, 2.24) is 5.32 Å². The fourth-order valence-corrected chi connectivity index (χ4v) is 2.53. The number of ether oxygens (including phenoxy) is 1. The van der Waals surface area contributed by atoms with Gasteiger partial charge in [-0.15, -0.1) is 0 Å². The number of hydrogen-bond acceptors (Lipinski definition) is 2. The van der Waals surface area contributed by atoms with Gasteiger partial charge in [-0.2, -0.15) is 0 Å².